The highest BCUT2D eigenvalue weighted by molar-refractivity contribution is 5.77. The normalized spacial score (nSPS) is 12.2. The molecule has 1 aromatic rings. The van der Waals surface area contributed by atoms with Crippen molar-refractivity contribution in [3.8, 4) is 0 Å². The summed E-state index contributed by atoms with van der Waals surface area (Å²) in [6.45, 7) is 3.89. The summed E-state index contributed by atoms with van der Waals surface area (Å²) in [7, 11) is 0. The van der Waals surface area contributed by atoms with Crippen molar-refractivity contribution in [1.29, 1.82) is 0 Å². The van der Waals surface area contributed by atoms with Crippen LogP contribution < -0.4 is 5.32 Å². The number of hydrogen-bond donors (Lipinski definition) is 1. The third-order valence-corrected chi connectivity index (χ3v) is 4.11. The van der Waals surface area contributed by atoms with Crippen molar-refractivity contribution in [2.24, 2.45) is 5.92 Å². The van der Waals surface area contributed by atoms with Crippen molar-refractivity contribution in [1.82, 2.24) is 5.32 Å². The SMILES string of the molecule is CC(C)CCCOC(=O)CCCC(=O)NCc1cc(C(F)(F)F)cc(C(F)(F)F)c1. The van der Waals surface area contributed by atoms with E-state index < -0.39 is 41.9 Å². The second-order valence-corrected chi connectivity index (χ2v) is 7.30. The van der Waals surface area contributed by atoms with Gasteiger partial charge in [0.1, 0.15) is 0 Å². The summed E-state index contributed by atoms with van der Waals surface area (Å²) < 4.78 is 82.0. The van der Waals surface area contributed by atoms with Crippen molar-refractivity contribution in [2.45, 2.75) is 64.8 Å². The molecule has 4 nitrogen and oxygen atoms in total. The van der Waals surface area contributed by atoms with Gasteiger partial charge in [0.05, 0.1) is 17.7 Å². The van der Waals surface area contributed by atoms with E-state index >= 15 is 0 Å². The van der Waals surface area contributed by atoms with Crippen LogP contribution in [0.15, 0.2) is 18.2 Å². The summed E-state index contributed by atoms with van der Waals surface area (Å²) in [6, 6.07) is 1.15. The van der Waals surface area contributed by atoms with E-state index in [1.807, 2.05) is 13.8 Å². The number of benzene rings is 1. The molecule has 0 heterocycles. The molecule has 0 aliphatic rings. The molecule has 0 spiro atoms. The zero-order valence-corrected chi connectivity index (χ0v) is 16.8. The molecule has 0 bridgehead atoms. The maximum Gasteiger partial charge on any atom is 0.416 e. The minimum Gasteiger partial charge on any atom is -0.466 e. The number of esters is 1. The van der Waals surface area contributed by atoms with Crippen LogP contribution >= 0.6 is 0 Å². The number of hydrogen-bond acceptors (Lipinski definition) is 3. The summed E-state index contributed by atoms with van der Waals surface area (Å²) >= 11 is 0. The van der Waals surface area contributed by atoms with Crippen molar-refractivity contribution in [3.05, 3.63) is 34.9 Å². The van der Waals surface area contributed by atoms with E-state index in [4.69, 9.17) is 4.74 Å². The molecule has 1 amide bonds. The number of amides is 1. The van der Waals surface area contributed by atoms with Gasteiger partial charge in [0.2, 0.25) is 5.91 Å². The molecule has 0 aliphatic heterocycles. The van der Waals surface area contributed by atoms with Gasteiger partial charge in [-0.2, -0.15) is 26.3 Å². The zero-order chi connectivity index (χ0) is 22.9. The minimum absolute atomic E-state index is 0.00310. The molecular formula is C20H25F6NO3. The smallest absolute Gasteiger partial charge is 0.416 e. The summed E-state index contributed by atoms with van der Waals surface area (Å²) in [5, 5.41) is 2.27. The van der Waals surface area contributed by atoms with Gasteiger partial charge >= 0.3 is 18.3 Å². The molecule has 0 aliphatic carbocycles. The molecule has 170 valence electrons. The monoisotopic (exact) mass is 441 g/mol. The Bertz CT molecular complexity index is 681. The van der Waals surface area contributed by atoms with Crippen LogP contribution in [0.25, 0.3) is 0 Å². The maximum atomic E-state index is 12.8. The Morgan fingerprint density at radius 1 is 0.933 bits per heavy atom. The zero-order valence-electron chi connectivity index (χ0n) is 16.8. The number of nitrogens with one attached hydrogen (secondary N) is 1. The highest BCUT2D eigenvalue weighted by Crippen LogP contribution is 2.36. The van der Waals surface area contributed by atoms with Crippen LogP contribution in [0.2, 0.25) is 0 Å². The Kier molecular flexibility index (Phi) is 9.64. The predicted molar refractivity (Wildman–Crippen MR) is 97.2 cm³/mol. The Morgan fingerprint density at radius 3 is 2.00 bits per heavy atom. The van der Waals surface area contributed by atoms with Crippen LogP contribution in [-0.4, -0.2) is 18.5 Å². The van der Waals surface area contributed by atoms with Gasteiger partial charge in [0.25, 0.3) is 0 Å². The molecular weight excluding hydrogens is 416 g/mol. The van der Waals surface area contributed by atoms with E-state index in [0.29, 0.717) is 24.7 Å². The molecule has 10 heteroatoms. The summed E-state index contributed by atoms with van der Waals surface area (Å²) in [5.41, 5.74) is -3.21. The van der Waals surface area contributed by atoms with E-state index in [0.717, 1.165) is 12.8 Å². The van der Waals surface area contributed by atoms with Gasteiger partial charge in [-0.3, -0.25) is 9.59 Å². The second kappa shape index (κ2) is 11.2. The lowest BCUT2D eigenvalue weighted by Crippen LogP contribution is -2.23. The largest absolute Gasteiger partial charge is 0.466 e. The molecule has 0 radical (unpaired) electrons. The summed E-state index contributed by atoms with van der Waals surface area (Å²) in [4.78, 5) is 23.3. The fourth-order valence-corrected chi connectivity index (χ4v) is 2.55. The number of alkyl halides is 6. The molecule has 0 aromatic heterocycles. The lowest BCUT2D eigenvalue weighted by molar-refractivity contribution is -0.144. The third-order valence-electron chi connectivity index (χ3n) is 4.11. The van der Waals surface area contributed by atoms with Crippen molar-refractivity contribution < 1.29 is 40.7 Å². The van der Waals surface area contributed by atoms with Gasteiger partial charge < -0.3 is 10.1 Å². The van der Waals surface area contributed by atoms with E-state index in [1.165, 1.54) is 0 Å². The first-order valence-corrected chi connectivity index (χ1v) is 9.49. The Balaban J connectivity index is 2.50. The van der Waals surface area contributed by atoms with Crippen LogP contribution in [-0.2, 0) is 33.2 Å². The first kappa shape index (κ1) is 25.8. The molecule has 1 rings (SSSR count). The average molecular weight is 441 g/mol. The van der Waals surface area contributed by atoms with Crippen LogP contribution in [0.5, 0.6) is 0 Å². The van der Waals surface area contributed by atoms with Crippen LogP contribution in [0.1, 0.15) is 62.6 Å². The number of carbonyl (C=O) groups excluding carboxylic acids is 2. The number of ether oxygens (including phenoxy) is 1. The van der Waals surface area contributed by atoms with Gasteiger partial charge in [-0.15, -0.1) is 0 Å². The molecule has 1 aromatic carbocycles. The fourth-order valence-electron chi connectivity index (χ4n) is 2.55. The van der Waals surface area contributed by atoms with Crippen LogP contribution in [0.4, 0.5) is 26.3 Å². The number of carbonyl (C=O) groups is 2. The van der Waals surface area contributed by atoms with Gasteiger partial charge in [0.15, 0.2) is 0 Å². The molecule has 0 fully saturated rings. The van der Waals surface area contributed by atoms with Crippen molar-refractivity contribution >= 4 is 11.9 Å². The summed E-state index contributed by atoms with van der Waals surface area (Å²) in [6.07, 6.45) is -8.19. The van der Waals surface area contributed by atoms with E-state index in [1.54, 1.807) is 0 Å². The van der Waals surface area contributed by atoms with Crippen LogP contribution in [0, 0.1) is 5.92 Å². The highest BCUT2D eigenvalue weighted by Gasteiger charge is 2.36. The second-order valence-electron chi connectivity index (χ2n) is 7.30. The van der Waals surface area contributed by atoms with Gasteiger partial charge in [0, 0.05) is 19.4 Å². The van der Waals surface area contributed by atoms with Gasteiger partial charge in [-0.1, -0.05) is 13.8 Å². The molecule has 0 saturated heterocycles. The van der Waals surface area contributed by atoms with E-state index in [-0.39, 0.29) is 30.9 Å². The number of halogens is 6. The molecule has 0 atom stereocenters. The highest BCUT2D eigenvalue weighted by atomic mass is 19.4. The van der Waals surface area contributed by atoms with Crippen LogP contribution in [0.3, 0.4) is 0 Å². The van der Waals surface area contributed by atoms with E-state index in [2.05, 4.69) is 5.32 Å². The Labute approximate surface area is 171 Å². The molecule has 0 unspecified atom stereocenters. The maximum absolute atomic E-state index is 12.8. The molecule has 0 saturated carbocycles. The molecule has 1 N–H and O–H groups in total. The first-order valence-electron chi connectivity index (χ1n) is 9.49. The Hall–Kier alpha value is -2.26. The van der Waals surface area contributed by atoms with Crippen molar-refractivity contribution in [2.75, 3.05) is 6.61 Å². The predicted octanol–water partition coefficient (Wildman–Crippen LogP) is 5.49. The average Bonchev–Trinajstić information content (AvgIpc) is 2.61. The number of rotatable bonds is 10. The summed E-state index contributed by atoms with van der Waals surface area (Å²) in [5.74, 6) is -0.552. The first-order chi connectivity index (χ1) is 13.8. The van der Waals surface area contributed by atoms with E-state index in [9.17, 15) is 35.9 Å². The van der Waals surface area contributed by atoms with Gasteiger partial charge in [-0.05, 0) is 48.9 Å². The molecule has 30 heavy (non-hydrogen) atoms. The fraction of sp³-hybridized carbons (Fsp3) is 0.600. The third kappa shape index (κ3) is 9.98. The standard InChI is InChI=1S/C20H25F6NO3/c1-13(2)5-4-8-30-18(29)7-3-6-17(28)27-12-14-9-15(19(21,22)23)11-16(10-14)20(24,25)26/h9-11,13H,3-8,12H2,1-2H3,(H,27,28). The minimum atomic E-state index is -4.95. The Morgan fingerprint density at radius 2 is 1.50 bits per heavy atom. The lowest BCUT2D eigenvalue weighted by atomic mass is 10.0. The van der Waals surface area contributed by atoms with Gasteiger partial charge in [-0.25, -0.2) is 0 Å². The lowest BCUT2D eigenvalue weighted by Gasteiger charge is -2.14. The van der Waals surface area contributed by atoms with Crippen molar-refractivity contribution in [3.63, 3.8) is 0 Å². The quantitative estimate of drug-likeness (QED) is 0.297. The topological polar surface area (TPSA) is 55.4 Å².